The normalized spacial score (nSPS) is 14.4. The molecule has 0 bridgehead atoms. The standard InChI is InChI=1S/C13H19N3OS/c1-2-17-7-3-6-16-13-11(9-4-5-9)12(15)10(8-14)18-13/h9,16H,2-7,15H2,1H3. The molecule has 5 heteroatoms. The Hall–Kier alpha value is -1.25. The predicted molar refractivity (Wildman–Crippen MR) is 75.0 cm³/mol. The van der Waals surface area contributed by atoms with Crippen LogP contribution in [-0.2, 0) is 4.74 Å². The summed E-state index contributed by atoms with van der Waals surface area (Å²) < 4.78 is 5.30. The molecule has 1 fully saturated rings. The minimum Gasteiger partial charge on any atom is -0.397 e. The Morgan fingerprint density at radius 1 is 1.56 bits per heavy atom. The van der Waals surface area contributed by atoms with Crippen LogP contribution in [0.3, 0.4) is 0 Å². The van der Waals surface area contributed by atoms with Crippen LogP contribution in [-0.4, -0.2) is 19.8 Å². The molecule has 1 saturated carbocycles. The van der Waals surface area contributed by atoms with Gasteiger partial charge in [0.15, 0.2) is 0 Å². The topological polar surface area (TPSA) is 71.1 Å². The summed E-state index contributed by atoms with van der Waals surface area (Å²) in [5.74, 6) is 0.567. The van der Waals surface area contributed by atoms with Gasteiger partial charge in [0.25, 0.3) is 0 Å². The molecule has 0 saturated heterocycles. The van der Waals surface area contributed by atoms with Crippen LogP contribution in [0.2, 0.25) is 0 Å². The summed E-state index contributed by atoms with van der Waals surface area (Å²) in [5.41, 5.74) is 7.90. The van der Waals surface area contributed by atoms with Gasteiger partial charge >= 0.3 is 0 Å². The molecule has 1 aliphatic rings. The molecule has 98 valence electrons. The van der Waals surface area contributed by atoms with Crippen molar-refractivity contribution in [1.29, 1.82) is 5.26 Å². The van der Waals surface area contributed by atoms with Crippen LogP contribution >= 0.6 is 11.3 Å². The minimum atomic E-state index is 0.567. The first-order chi connectivity index (χ1) is 8.77. The van der Waals surface area contributed by atoms with Crippen molar-refractivity contribution in [2.45, 2.75) is 32.1 Å². The molecule has 0 aromatic carbocycles. The lowest BCUT2D eigenvalue weighted by Crippen LogP contribution is -2.06. The first-order valence-electron chi connectivity index (χ1n) is 6.41. The Morgan fingerprint density at radius 3 is 2.94 bits per heavy atom. The summed E-state index contributed by atoms with van der Waals surface area (Å²) >= 11 is 1.48. The van der Waals surface area contributed by atoms with Crippen molar-refractivity contribution in [1.82, 2.24) is 0 Å². The second-order valence-corrected chi connectivity index (χ2v) is 5.47. The smallest absolute Gasteiger partial charge is 0.130 e. The second kappa shape index (κ2) is 6.07. The van der Waals surface area contributed by atoms with Gasteiger partial charge in [0.1, 0.15) is 10.9 Å². The van der Waals surface area contributed by atoms with E-state index in [0.29, 0.717) is 16.5 Å². The van der Waals surface area contributed by atoms with Crippen molar-refractivity contribution < 1.29 is 4.74 Å². The number of nitrogens with one attached hydrogen (secondary N) is 1. The number of thiophene rings is 1. The molecular weight excluding hydrogens is 246 g/mol. The van der Waals surface area contributed by atoms with Crippen LogP contribution in [0.15, 0.2) is 0 Å². The van der Waals surface area contributed by atoms with E-state index in [4.69, 9.17) is 15.7 Å². The highest BCUT2D eigenvalue weighted by atomic mass is 32.1. The van der Waals surface area contributed by atoms with Gasteiger partial charge in [-0.25, -0.2) is 0 Å². The van der Waals surface area contributed by atoms with Crippen molar-refractivity contribution in [3.8, 4) is 6.07 Å². The van der Waals surface area contributed by atoms with Gasteiger partial charge in [0, 0.05) is 25.3 Å². The number of hydrogen-bond donors (Lipinski definition) is 2. The number of anilines is 2. The van der Waals surface area contributed by atoms with Crippen molar-refractivity contribution in [3.05, 3.63) is 10.4 Å². The summed E-state index contributed by atoms with van der Waals surface area (Å²) in [4.78, 5) is 0.643. The Balaban J connectivity index is 1.97. The monoisotopic (exact) mass is 265 g/mol. The average Bonchev–Trinajstić information content (AvgIpc) is 3.14. The van der Waals surface area contributed by atoms with E-state index in [1.165, 1.54) is 29.7 Å². The highest BCUT2D eigenvalue weighted by molar-refractivity contribution is 7.17. The maximum atomic E-state index is 9.03. The molecule has 18 heavy (non-hydrogen) atoms. The fourth-order valence-electron chi connectivity index (χ4n) is 1.97. The van der Waals surface area contributed by atoms with E-state index in [1.54, 1.807) is 0 Å². The van der Waals surface area contributed by atoms with Gasteiger partial charge in [-0.3, -0.25) is 0 Å². The number of nitrogens with two attached hydrogens (primary N) is 1. The van der Waals surface area contributed by atoms with Crippen LogP contribution in [0.25, 0.3) is 0 Å². The molecule has 1 aromatic rings. The zero-order valence-electron chi connectivity index (χ0n) is 10.7. The molecule has 0 unspecified atom stereocenters. The van der Waals surface area contributed by atoms with E-state index < -0.39 is 0 Å². The van der Waals surface area contributed by atoms with E-state index in [9.17, 15) is 0 Å². The van der Waals surface area contributed by atoms with Crippen LogP contribution < -0.4 is 11.1 Å². The largest absolute Gasteiger partial charge is 0.397 e. The molecule has 0 aliphatic heterocycles. The van der Waals surface area contributed by atoms with E-state index in [-0.39, 0.29) is 0 Å². The molecule has 2 rings (SSSR count). The molecule has 1 aliphatic carbocycles. The van der Waals surface area contributed by atoms with Crippen LogP contribution in [0, 0.1) is 11.3 Å². The van der Waals surface area contributed by atoms with Gasteiger partial charge in [0.05, 0.1) is 10.7 Å². The summed E-state index contributed by atoms with van der Waals surface area (Å²) in [5, 5.41) is 13.5. The molecular formula is C13H19N3OS. The lowest BCUT2D eigenvalue weighted by molar-refractivity contribution is 0.147. The predicted octanol–water partition coefficient (Wildman–Crippen LogP) is 2.92. The van der Waals surface area contributed by atoms with E-state index in [0.717, 1.165) is 31.2 Å². The Bertz CT molecular complexity index is 446. The molecule has 1 aromatic heterocycles. The number of nitrogens with zero attached hydrogens (tertiary/aromatic N) is 1. The maximum absolute atomic E-state index is 9.03. The van der Waals surface area contributed by atoms with E-state index >= 15 is 0 Å². The fourth-order valence-corrected chi connectivity index (χ4v) is 3.00. The van der Waals surface area contributed by atoms with Crippen molar-refractivity contribution >= 4 is 22.0 Å². The van der Waals surface area contributed by atoms with Gasteiger partial charge < -0.3 is 15.8 Å². The van der Waals surface area contributed by atoms with Gasteiger partial charge in [0.2, 0.25) is 0 Å². The number of ether oxygens (including phenoxy) is 1. The van der Waals surface area contributed by atoms with E-state index in [1.807, 2.05) is 6.92 Å². The number of rotatable bonds is 7. The Labute approximate surface area is 112 Å². The summed E-state index contributed by atoms with van der Waals surface area (Å²) in [6.07, 6.45) is 3.36. The Kier molecular flexibility index (Phi) is 4.45. The third-order valence-electron chi connectivity index (χ3n) is 3.03. The quantitative estimate of drug-likeness (QED) is 0.744. The molecule has 1 heterocycles. The maximum Gasteiger partial charge on any atom is 0.130 e. The van der Waals surface area contributed by atoms with Gasteiger partial charge in [-0.2, -0.15) is 5.26 Å². The van der Waals surface area contributed by atoms with Crippen LogP contribution in [0.4, 0.5) is 10.7 Å². The zero-order valence-corrected chi connectivity index (χ0v) is 11.5. The third kappa shape index (κ3) is 2.95. The number of hydrogen-bond acceptors (Lipinski definition) is 5. The zero-order chi connectivity index (χ0) is 13.0. The lowest BCUT2D eigenvalue weighted by Gasteiger charge is -2.07. The first-order valence-corrected chi connectivity index (χ1v) is 7.23. The summed E-state index contributed by atoms with van der Waals surface area (Å²) in [7, 11) is 0. The molecule has 0 atom stereocenters. The number of nitriles is 1. The average molecular weight is 265 g/mol. The van der Waals surface area contributed by atoms with Gasteiger partial charge in [-0.1, -0.05) is 0 Å². The first kappa shape index (κ1) is 13.2. The highest BCUT2D eigenvalue weighted by Crippen LogP contribution is 2.50. The molecule has 0 radical (unpaired) electrons. The van der Waals surface area contributed by atoms with Crippen LogP contribution in [0.1, 0.15) is 42.5 Å². The van der Waals surface area contributed by atoms with Gasteiger partial charge in [-0.05, 0) is 32.1 Å². The third-order valence-corrected chi connectivity index (χ3v) is 4.11. The Morgan fingerprint density at radius 2 is 2.33 bits per heavy atom. The molecule has 0 spiro atoms. The second-order valence-electron chi connectivity index (χ2n) is 4.45. The SMILES string of the molecule is CCOCCCNc1sc(C#N)c(N)c1C1CC1. The van der Waals surface area contributed by atoms with Crippen molar-refractivity contribution in [2.75, 3.05) is 30.8 Å². The van der Waals surface area contributed by atoms with Crippen molar-refractivity contribution in [3.63, 3.8) is 0 Å². The molecule has 3 N–H and O–H groups in total. The molecule has 0 amide bonds. The summed E-state index contributed by atoms with van der Waals surface area (Å²) in [6, 6.07) is 2.18. The number of nitrogen functional groups attached to an aromatic ring is 1. The van der Waals surface area contributed by atoms with Gasteiger partial charge in [-0.15, -0.1) is 11.3 Å². The van der Waals surface area contributed by atoms with Crippen molar-refractivity contribution in [2.24, 2.45) is 0 Å². The lowest BCUT2D eigenvalue weighted by atomic mass is 10.1. The van der Waals surface area contributed by atoms with Crippen LogP contribution in [0.5, 0.6) is 0 Å². The summed E-state index contributed by atoms with van der Waals surface area (Å²) in [6.45, 7) is 4.40. The fraction of sp³-hybridized carbons (Fsp3) is 0.615. The molecule has 4 nitrogen and oxygen atoms in total. The van der Waals surface area contributed by atoms with E-state index in [2.05, 4.69) is 11.4 Å². The highest BCUT2D eigenvalue weighted by Gasteiger charge is 2.31. The minimum absolute atomic E-state index is 0.567.